The van der Waals surface area contributed by atoms with Crippen molar-refractivity contribution in [3.63, 3.8) is 0 Å². The molecule has 2 amide bonds. The Morgan fingerprint density at radius 3 is 2.62 bits per heavy atom. The minimum absolute atomic E-state index is 0.133. The highest BCUT2D eigenvalue weighted by Crippen LogP contribution is 2.22. The fourth-order valence-electron chi connectivity index (χ4n) is 3.17. The molecule has 0 unspecified atom stereocenters. The van der Waals surface area contributed by atoms with Gasteiger partial charge in [0.1, 0.15) is 0 Å². The second kappa shape index (κ2) is 6.90. The number of benzene rings is 1. The third-order valence-electron chi connectivity index (χ3n) is 4.47. The number of hydrogen-bond acceptors (Lipinski definition) is 4. The summed E-state index contributed by atoms with van der Waals surface area (Å²) in [5.74, 6) is -0.426. The molecule has 2 fully saturated rings. The maximum Gasteiger partial charge on any atom is 0.253 e. The Bertz CT molecular complexity index is 720. The second-order valence-electron chi connectivity index (χ2n) is 6.11. The van der Waals surface area contributed by atoms with Crippen molar-refractivity contribution in [1.82, 2.24) is 14.5 Å². The lowest BCUT2D eigenvalue weighted by molar-refractivity contribution is -0.122. The molecule has 0 aliphatic carbocycles. The molecule has 2 aliphatic rings. The number of amides is 2. The molecule has 130 valence electrons. The zero-order valence-corrected chi connectivity index (χ0v) is 14.2. The van der Waals surface area contributed by atoms with Crippen LogP contribution in [0, 0.1) is 0 Å². The summed E-state index contributed by atoms with van der Waals surface area (Å²) in [7, 11) is -3.59. The number of nitrogens with zero attached hydrogens (tertiary/aromatic N) is 2. The van der Waals surface area contributed by atoms with Crippen LogP contribution in [0.5, 0.6) is 0 Å². The van der Waals surface area contributed by atoms with Gasteiger partial charge in [-0.3, -0.25) is 9.59 Å². The first-order chi connectivity index (χ1) is 11.5. The fraction of sp³-hybridized carbons (Fsp3) is 0.500. The number of nitrogens with one attached hydrogen (secondary N) is 1. The molecule has 1 aromatic rings. The van der Waals surface area contributed by atoms with Crippen molar-refractivity contribution < 1.29 is 18.0 Å². The Morgan fingerprint density at radius 2 is 1.92 bits per heavy atom. The first kappa shape index (κ1) is 16.9. The monoisotopic (exact) mass is 351 g/mol. The average Bonchev–Trinajstić information content (AvgIpc) is 2.62. The smallest absolute Gasteiger partial charge is 0.253 e. The van der Waals surface area contributed by atoms with E-state index in [9.17, 15) is 18.0 Å². The summed E-state index contributed by atoms with van der Waals surface area (Å²) in [6.45, 7) is 1.22. The van der Waals surface area contributed by atoms with Gasteiger partial charge in [0.2, 0.25) is 15.9 Å². The molecule has 1 atom stereocenters. The molecule has 2 saturated heterocycles. The lowest BCUT2D eigenvalue weighted by atomic mass is 10.1. The van der Waals surface area contributed by atoms with Crippen LogP contribution in [0.1, 0.15) is 23.2 Å². The first-order valence-corrected chi connectivity index (χ1v) is 9.59. The van der Waals surface area contributed by atoms with Crippen LogP contribution in [0.4, 0.5) is 0 Å². The third-order valence-corrected chi connectivity index (χ3v) is 6.73. The van der Waals surface area contributed by atoms with Crippen LogP contribution in [-0.4, -0.2) is 67.4 Å². The van der Waals surface area contributed by atoms with E-state index in [4.69, 9.17) is 0 Å². The molecule has 1 N–H and O–H groups in total. The second-order valence-corrected chi connectivity index (χ2v) is 8.32. The van der Waals surface area contributed by atoms with Gasteiger partial charge in [-0.15, -0.1) is 0 Å². The summed E-state index contributed by atoms with van der Waals surface area (Å²) in [6.07, 6.45) is 1.15. The lowest BCUT2D eigenvalue weighted by Crippen LogP contribution is -2.55. The highest BCUT2D eigenvalue weighted by molar-refractivity contribution is 7.89. The van der Waals surface area contributed by atoms with Crippen molar-refractivity contribution in [1.29, 1.82) is 0 Å². The molecule has 8 heteroatoms. The molecule has 0 aromatic heterocycles. The van der Waals surface area contributed by atoms with E-state index in [0.717, 1.165) is 0 Å². The van der Waals surface area contributed by atoms with Crippen LogP contribution in [0.3, 0.4) is 0 Å². The summed E-state index contributed by atoms with van der Waals surface area (Å²) < 4.78 is 26.8. The van der Waals surface area contributed by atoms with Crippen LogP contribution >= 0.6 is 0 Å². The largest absolute Gasteiger partial charge is 0.354 e. The quantitative estimate of drug-likeness (QED) is 0.834. The summed E-state index contributed by atoms with van der Waals surface area (Å²) in [4.78, 5) is 25.6. The number of carbonyl (C=O) groups is 2. The minimum atomic E-state index is -3.59. The number of sulfonamides is 1. The number of piperidine rings is 1. The van der Waals surface area contributed by atoms with Crippen LogP contribution in [0.2, 0.25) is 0 Å². The minimum Gasteiger partial charge on any atom is -0.354 e. The Kier molecular flexibility index (Phi) is 4.86. The van der Waals surface area contributed by atoms with Gasteiger partial charge < -0.3 is 10.2 Å². The van der Waals surface area contributed by atoms with E-state index < -0.39 is 15.3 Å². The first-order valence-electron chi connectivity index (χ1n) is 8.08. The molecule has 0 bridgehead atoms. The van der Waals surface area contributed by atoms with Crippen LogP contribution in [0.25, 0.3) is 0 Å². The highest BCUT2D eigenvalue weighted by Gasteiger charge is 2.38. The number of hydrogen-bond donors (Lipinski definition) is 1. The van der Waals surface area contributed by atoms with E-state index >= 15 is 0 Å². The molecule has 24 heavy (non-hydrogen) atoms. The number of likely N-dealkylation sites (tertiary alicyclic amines) is 1. The zero-order valence-electron chi connectivity index (χ0n) is 13.3. The van der Waals surface area contributed by atoms with Gasteiger partial charge in [-0.2, -0.15) is 4.31 Å². The molecule has 0 saturated carbocycles. The Morgan fingerprint density at radius 1 is 1.17 bits per heavy atom. The normalized spacial score (nSPS) is 22.9. The van der Waals surface area contributed by atoms with Crippen LogP contribution in [-0.2, 0) is 14.8 Å². The summed E-state index contributed by atoms with van der Waals surface area (Å²) in [5.41, 5.74) is 0.563. The van der Waals surface area contributed by atoms with E-state index in [0.29, 0.717) is 31.5 Å². The predicted molar refractivity (Wildman–Crippen MR) is 88.9 cm³/mol. The number of piperazine rings is 1. The van der Waals surface area contributed by atoms with Gasteiger partial charge in [0, 0.05) is 31.7 Å². The van der Waals surface area contributed by atoms with Gasteiger partial charge in [0.15, 0.2) is 0 Å². The number of rotatable bonds is 3. The van der Waals surface area contributed by atoms with Gasteiger partial charge >= 0.3 is 0 Å². The summed E-state index contributed by atoms with van der Waals surface area (Å²) in [6, 6.07) is 8.88. The zero-order chi connectivity index (χ0) is 17.2. The fourth-order valence-corrected chi connectivity index (χ4v) is 5.07. The van der Waals surface area contributed by atoms with Gasteiger partial charge in [-0.1, -0.05) is 18.2 Å². The van der Waals surface area contributed by atoms with E-state index in [1.54, 1.807) is 29.2 Å². The van der Waals surface area contributed by atoms with Crippen molar-refractivity contribution in [2.45, 2.75) is 18.1 Å². The van der Waals surface area contributed by atoms with Gasteiger partial charge in [-0.25, -0.2) is 8.42 Å². The van der Waals surface area contributed by atoms with Crippen LogP contribution < -0.4 is 5.32 Å². The topological polar surface area (TPSA) is 86.8 Å². The van der Waals surface area contributed by atoms with Gasteiger partial charge in [0.05, 0.1) is 11.8 Å². The SMILES string of the molecule is O=C1CN(S(=O)(=O)[C@H]2CCCN(C(=O)c3ccccc3)C2)CCN1. The molecule has 1 aromatic carbocycles. The molecule has 0 radical (unpaired) electrons. The van der Waals surface area contributed by atoms with Crippen molar-refractivity contribution in [3.8, 4) is 0 Å². The molecular weight excluding hydrogens is 330 g/mol. The maximum absolute atomic E-state index is 12.8. The van der Waals surface area contributed by atoms with Crippen molar-refractivity contribution in [2.75, 3.05) is 32.7 Å². The van der Waals surface area contributed by atoms with Crippen molar-refractivity contribution in [3.05, 3.63) is 35.9 Å². The maximum atomic E-state index is 12.8. The molecule has 0 spiro atoms. The Labute approximate surface area is 141 Å². The Balaban J connectivity index is 1.73. The van der Waals surface area contributed by atoms with E-state index in [1.807, 2.05) is 6.07 Å². The van der Waals surface area contributed by atoms with Crippen LogP contribution in [0.15, 0.2) is 30.3 Å². The van der Waals surface area contributed by atoms with Gasteiger partial charge in [-0.05, 0) is 25.0 Å². The molecule has 3 rings (SSSR count). The van der Waals surface area contributed by atoms with E-state index in [2.05, 4.69) is 5.32 Å². The van der Waals surface area contributed by atoms with Crippen molar-refractivity contribution in [2.24, 2.45) is 0 Å². The Hall–Kier alpha value is -1.93. The lowest BCUT2D eigenvalue weighted by Gasteiger charge is -2.36. The van der Waals surface area contributed by atoms with Gasteiger partial charge in [0.25, 0.3) is 5.91 Å². The molecule has 7 nitrogen and oxygen atoms in total. The number of carbonyl (C=O) groups excluding carboxylic acids is 2. The summed E-state index contributed by atoms with van der Waals surface area (Å²) >= 11 is 0. The highest BCUT2D eigenvalue weighted by atomic mass is 32.2. The summed E-state index contributed by atoms with van der Waals surface area (Å²) in [5, 5.41) is 1.98. The third kappa shape index (κ3) is 3.44. The molecule has 2 aliphatic heterocycles. The molecule has 2 heterocycles. The van der Waals surface area contributed by atoms with Crippen molar-refractivity contribution >= 4 is 21.8 Å². The average molecular weight is 351 g/mol. The standard InChI is InChI=1S/C16H21N3O4S/c20-15-12-19(10-8-17-15)24(22,23)14-7-4-9-18(11-14)16(21)13-5-2-1-3-6-13/h1-3,5-6,14H,4,7-12H2,(H,17,20)/t14-/m0/s1. The van der Waals surface area contributed by atoms with E-state index in [1.165, 1.54) is 4.31 Å². The predicted octanol–water partition coefficient (Wildman–Crippen LogP) is 0.0528. The van der Waals surface area contributed by atoms with E-state index in [-0.39, 0.29) is 31.4 Å². The molecular formula is C16H21N3O4S.